The molecule has 0 atom stereocenters. The van der Waals surface area contributed by atoms with Gasteiger partial charge in [0.1, 0.15) is 11.8 Å². The summed E-state index contributed by atoms with van der Waals surface area (Å²) in [6, 6.07) is 34.4. The fraction of sp³-hybridized carbons (Fsp3) is 0.0667. The Labute approximate surface area is 198 Å². The Hall–Kier alpha value is -4.30. The first-order chi connectivity index (χ1) is 16.7. The molecule has 164 valence electrons. The molecule has 0 spiro atoms. The SMILES string of the molecule is N#Cc1nc(-c2cc(-c3ccccc3)cc(-c3ccccc3)c2)cc2cc(CO)c(CO)cc12. The van der Waals surface area contributed by atoms with Crippen molar-refractivity contribution in [2.75, 3.05) is 0 Å². The van der Waals surface area contributed by atoms with Crippen LogP contribution in [0.2, 0.25) is 0 Å². The molecule has 0 amide bonds. The van der Waals surface area contributed by atoms with Gasteiger partial charge in [-0.2, -0.15) is 5.26 Å². The van der Waals surface area contributed by atoms with E-state index in [1.54, 1.807) is 6.07 Å². The molecule has 2 N–H and O–H groups in total. The van der Waals surface area contributed by atoms with Gasteiger partial charge in [-0.1, -0.05) is 60.7 Å². The quantitative estimate of drug-likeness (QED) is 0.345. The number of nitriles is 1. The molecule has 0 saturated heterocycles. The number of nitrogens with zero attached hydrogens (tertiary/aromatic N) is 2. The third-order valence-electron chi connectivity index (χ3n) is 6.04. The van der Waals surface area contributed by atoms with E-state index in [1.807, 2.05) is 48.5 Å². The number of hydrogen-bond acceptors (Lipinski definition) is 4. The highest BCUT2D eigenvalue weighted by atomic mass is 16.3. The molecule has 4 nitrogen and oxygen atoms in total. The zero-order valence-corrected chi connectivity index (χ0v) is 18.4. The fourth-order valence-corrected chi connectivity index (χ4v) is 4.29. The van der Waals surface area contributed by atoms with Gasteiger partial charge in [0.05, 0.1) is 18.9 Å². The standard InChI is InChI=1S/C30H22N2O2/c31-17-30-28-15-27(19-34)26(18-33)14-24(28)16-29(32-30)25-12-22(20-7-3-1-4-8-20)11-23(13-25)21-9-5-2-6-10-21/h1-16,33-34H,18-19H2. The second-order valence-electron chi connectivity index (χ2n) is 8.16. The van der Waals surface area contributed by atoms with Crippen LogP contribution in [0.1, 0.15) is 16.8 Å². The van der Waals surface area contributed by atoms with Crippen molar-refractivity contribution >= 4 is 10.8 Å². The van der Waals surface area contributed by atoms with E-state index in [2.05, 4.69) is 53.5 Å². The lowest BCUT2D eigenvalue weighted by Gasteiger charge is -2.13. The lowest BCUT2D eigenvalue weighted by molar-refractivity contribution is 0.260. The molecule has 0 aliphatic carbocycles. The maximum absolute atomic E-state index is 9.84. The van der Waals surface area contributed by atoms with Gasteiger partial charge in [-0.05, 0) is 75.2 Å². The van der Waals surface area contributed by atoms with E-state index in [1.165, 1.54) is 0 Å². The Balaban J connectivity index is 1.75. The van der Waals surface area contributed by atoms with E-state index in [-0.39, 0.29) is 18.9 Å². The molecule has 5 rings (SSSR count). The lowest BCUT2D eigenvalue weighted by Crippen LogP contribution is -1.98. The second-order valence-corrected chi connectivity index (χ2v) is 8.16. The average Bonchev–Trinajstić information content (AvgIpc) is 2.92. The van der Waals surface area contributed by atoms with E-state index in [0.29, 0.717) is 22.2 Å². The van der Waals surface area contributed by atoms with Crippen LogP contribution >= 0.6 is 0 Å². The van der Waals surface area contributed by atoms with Crippen molar-refractivity contribution in [3.05, 3.63) is 114 Å². The van der Waals surface area contributed by atoms with Crippen LogP contribution in [0, 0.1) is 11.3 Å². The largest absolute Gasteiger partial charge is 0.392 e. The van der Waals surface area contributed by atoms with Gasteiger partial charge in [-0.25, -0.2) is 4.98 Å². The molecule has 34 heavy (non-hydrogen) atoms. The number of hydrogen-bond donors (Lipinski definition) is 2. The number of fused-ring (bicyclic) bond motifs is 1. The number of aromatic nitrogens is 1. The van der Waals surface area contributed by atoms with Crippen LogP contribution in [-0.2, 0) is 13.2 Å². The van der Waals surface area contributed by atoms with Crippen molar-refractivity contribution in [1.29, 1.82) is 5.26 Å². The lowest BCUT2D eigenvalue weighted by atomic mass is 9.94. The minimum absolute atomic E-state index is 0.187. The predicted octanol–water partition coefficient (Wildman–Crippen LogP) is 6.09. The number of aliphatic hydroxyl groups excluding tert-OH is 2. The molecule has 4 heteroatoms. The second kappa shape index (κ2) is 9.29. The maximum Gasteiger partial charge on any atom is 0.149 e. The fourth-order valence-electron chi connectivity index (χ4n) is 4.29. The third kappa shape index (κ3) is 4.06. The monoisotopic (exact) mass is 442 g/mol. The zero-order chi connectivity index (χ0) is 23.5. The van der Waals surface area contributed by atoms with Crippen molar-refractivity contribution in [3.8, 4) is 39.6 Å². The molecular formula is C30H22N2O2. The van der Waals surface area contributed by atoms with Crippen LogP contribution in [0.15, 0.2) is 97.1 Å². The van der Waals surface area contributed by atoms with Gasteiger partial charge in [-0.15, -0.1) is 0 Å². The molecule has 4 aromatic carbocycles. The van der Waals surface area contributed by atoms with E-state index in [4.69, 9.17) is 0 Å². The predicted molar refractivity (Wildman–Crippen MR) is 135 cm³/mol. The van der Waals surface area contributed by atoms with Gasteiger partial charge >= 0.3 is 0 Å². The molecule has 0 aliphatic rings. The first-order valence-electron chi connectivity index (χ1n) is 11.0. The van der Waals surface area contributed by atoms with Gasteiger partial charge in [0.2, 0.25) is 0 Å². The first-order valence-corrected chi connectivity index (χ1v) is 11.0. The van der Waals surface area contributed by atoms with E-state index >= 15 is 0 Å². The van der Waals surface area contributed by atoms with Gasteiger partial charge in [0.15, 0.2) is 0 Å². The molecule has 0 saturated carbocycles. The molecule has 0 fully saturated rings. The normalized spacial score (nSPS) is 10.9. The van der Waals surface area contributed by atoms with E-state index in [0.717, 1.165) is 33.2 Å². The topological polar surface area (TPSA) is 77.1 Å². The minimum Gasteiger partial charge on any atom is -0.392 e. The number of benzene rings is 4. The Bertz CT molecular complexity index is 1460. The van der Waals surface area contributed by atoms with Crippen molar-refractivity contribution < 1.29 is 10.2 Å². The highest BCUT2D eigenvalue weighted by Crippen LogP contribution is 2.34. The number of rotatable bonds is 5. The van der Waals surface area contributed by atoms with Crippen molar-refractivity contribution in [2.24, 2.45) is 0 Å². The van der Waals surface area contributed by atoms with E-state index < -0.39 is 0 Å². The summed E-state index contributed by atoms with van der Waals surface area (Å²) >= 11 is 0. The molecular weight excluding hydrogens is 420 g/mol. The molecule has 1 heterocycles. The molecule has 0 aliphatic heterocycles. The van der Waals surface area contributed by atoms with Crippen LogP contribution in [0.25, 0.3) is 44.3 Å². The van der Waals surface area contributed by atoms with Crippen molar-refractivity contribution in [1.82, 2.24) is 4.98 Å². The third-order valence-corrected chi connectivity index (χ3v) is 6.04. The van der Waals surface area contributed by atoms with Crippen LogP contribution < -0.4 is 0 Å². The molecule has 1 aromatic heterocycles. The summed E-state index contributed by atoms with van der Waals surface area (Å²) in [7, 11) is 0. The highest BCUT2D eigenvalue weighted by molar-refractivity contribution is 5.92. The molecule has 0 unspecified atom stereocenters. The van der Waals surface area contributed by atoms with Crippen LogP contribution in [-0.4, -0.2) is 15.2 Å². The van der Waals surface area contributed by atoms with Crippen LogP contribution in [0.3, 0.4) is 0 Å². The Kier molecular flexibility index (Phi) is 5.88. The van der Waals surface area contributed by atoms with Crippen LogP contribution in [0.4, 0.5) is 0 Å². The maximum atomic E-state index is 9.84. The molecule has 5 aromatic rings. The van der Waals surface area contributed by atoms with Crippen molar-refractivity contribution in [2.45, 2.75) is 13.2 Å². The summed E-state index contributed by atoms with van der Waals surface area (Å²) in [4.78, 5) is 4.68. The molecule has 0 radical (unpaired) electrons. The summed E-state index contributed by atoms with van der Waals surface area (Å²) in [5, 5.41) is 30.7. The summed E-state index contributed by atoms with van der Waals surface area (Å²) in [6.45, 7) is -0.398. The first kappa shape index (κ1) is 21.5. The molecule has 0 bridgehead atoms. The smallest absolute Gasteiger partial charge is 0.149 e. The van der Waals surface area contributed by atoms with Gasteiger partial charge in [0, 0.05) is 10.9 Å². The van der Waals surface area contributed by atoms with Crippen LogP contribution in [0.5, 0.6) is 0 Å². The van der Waals surface area contributed by atoms with E-state index in [9.17, 15) is 15.5 Å². The number of pyridine rings is 1. The Morgan fingerprint density at radius 2 is 1.15 bits per heavy atom. The summed E-state index contributed by atoms with van der Waals surface area (Å²) in [5.74, 6) is 0. The summed E-state index contributed by atoms with van der Waals surface area (Å²) in [5.41, 5.74) is 7.41. The van der Waals surface area contributed by atoms with Gasteiger partial charge in [0.25, 0.3) is 0 Å². The average molecular weight is 443 g/mol. The Morgan fingerprint density at radius 1 is 0.618 bits per heavy atom. The minimum atomic E-state index is -0.210. The zero-order valence-electron chi connectivity index (χ0n) is 18.4. The highest BCUT2D eigenvalue weighted by Gasteiger charge is 2.13. The van der Waals surface area contributed by atoms with Crippen molar-refractivity contribution in [3.63, 3.8) is 0 Å². The number of aliphatic hydroxyl groups is 2. The van der Waals surface area contributed by atoms with Gasteiger partial charge in [-0.3, -0.25) is 0 Å². The van der Waals surface area contributed by atoms with Gasteiger partial charge < -0.3 is 10.2 Å². The summed E-state index contributed by atoms with van der Waals surface area (Å²) in [6.07, 6.45) is 0. The summed E-state index contributed by atoms with van der Waals surface area (Å²) < 4.78 is 0. The Morgan fingerprint density at radius 3 is 1.68 bits per heavy atom.